The molecule has 2 N–H and O–H groups in total. The molecule has 1 saturated carbocycles. The Balaban J connectivity index is 0.000000750. The lowest BCUT2D eigenvalue weighted by molar-refractivity contribution is 0.695. The number of hydrogen-bond donors (Lipinski definition) is 2. The highest BCUT2D eigenvalue weighted by Crippen LogP contribution is 2.43. The fourth-order valence-electron chi connectivity index (χ4n) is 2.18. The first kappa shape index (κ1) is 9.68. The van der Waals surface area contributed by atoms with Crippen LogP contribution in [-0.2, 0) is 0 Å². The first-order valence-corrected chi connectivity index (χ1v) is 4.68. The Morgan fingerprint density at radius 1 is 1.29 bits per heavy atom. The Bertz CT molecular complexity index is 295. The maximum atomic E-state index is 4.19. The highest BCUT2D eigenvalue weighted by atomic mass is 35.5. The molecule has 1 saturated heterocycles. The predicted octanol–water partition coefficient (Wildman–Crippen LogP) is 0.528. The van der Waals surface area contributed by atoms with Crippen molar-refractivity contribution in [3.8, 4) is 0 Å². The minimum absolute atomic E-state index is 0. The molecular formula is C9H13ClN4. The van der Waals surface area contributed by atoms with Crippen LogP contribution in [0.2, 0.25) is 0 Å². The van der Waals surface area contributed by atoms with Gasteiger partial charge in [0.05, 0.1) is 6.20 Å². The topological polar surface area (TPSA) is 49.8 Å². The molecule has 76 valence electrons. The van der Waals surface area contributed by atoms with Crippen molar-refractivity contribution in [1.29, 1.82) is 0 Å². The summed E-state index contributed by atoms with van der Waals surface area (Å²) in [5.74, 6) is 2.55. The normalized spacial score (nSPS) is 33.0. The average Bonchev–Trinajstić information content (AvgIpc) is 2.65. The Morgan fingerprint density at radius 3 is 2.71 bits per heavy atom. The molecule has 1 aromatic rings. The number of nitrogens with zero attached hydrogens (tertiary/aromatic N) is 2. The van der Waals surface area contributed by atoms with Gasteiger partial charge in [-0.25, -0.2) is 4.98 Å². The van der Waals surface area contributed by atoms with Gasteiger partial charge < -0.3 is 10.6 Å². The van der Waals surface area contributed by atoms with Gasteiger partial charge in [-0.2, -0.15) is 0 Å². The van der Waals surface area contributed by atoms with E-state index in [4.69, 9.17) is 0 Å². The molecule has 1 unspecified atom stereocenters. The van der Waals surface area contributed by atoms with Crippen LogP contribution >= 0.6 is 12.4 Å². The summed E-state index contributed by atoms with van der Waals surface area (Å²) in [4.78, 5) is 8.21. The van der Waals surface area contributed by atoms with Crippen molar-refractivity contribution in [3.63, 3.8) is 0 Å². The van der Waals surface area contributed by atoms with Crippen LogP contribution < -0.4 is 10.6 Å². The van der Waals surface area contributed by atoms with Crippen molar-refractivity contribution in [2.24, 2.45) is 11.8 Å². The van der Waals surface area contributed by atoms with Crippen molar-refractivity contribution < 1.29 is 0 Å². The zero-order chi connectivity index (χ0) is 8.67. The van der Waals surface area contributed by atoms with Gasteiger partial charge in [-0.05, 0) is 11.8 Å². The molecule has 0 bridgehead atoms. The van der Waals surface area contributed by atoms with E-state index in [9.17, 15) is 0 Å². The second-order valence-corrected chi connectivity index (χ2v) is 3.75. The second kappa shape index (κ2) is 3.71. The van der Waals surface area contributed by atoms with Gasteiger partial charge in [-0.3, -0.25) is 4.98 Å². The zero-order valence-electron chi connectivity index (χ0n) is 7.68. The van der Waals surface area contributed by atoms with E-state index in [1.54, 1.807) is 18.6 Å². The maximum absolute atomic E-state index is 4.19. The number of rotatable bonds is 2. The fourth-order valence-corrected chi connectivity index (χ4v) is 2.18. The number of hydrogen-bond acceptors (Lipinski definition) is 4. The quantitative estimate of drug-likeness (QED) is 0.751. The van der Waals surface area contributed by atoms with Crippen LogP contribution in [0.25, 0.3) is 0 Å². The van der Waals surface area contributed by atoms with Crippen molar-refractivity contribution in [3.05, 3.63) is 18.6 Å². The van der Waals surface area contributed by atoms with Gasteiger partial charge in [0.1, 0.15) is 5.82 Å². The Hall–Kier alpha value is -0.870. The number of piperidine rings is 1. The summed E-state index contributed by atoms with van der Waals surface area (Å²) in [7, 11) is 0. The van der Waals surface area contributed by atoms with Gasteiger partial charge in [0.15, 0.2) is 0 Å². The summed E-state index contributed by atoms with van der Waals surface area (Å²) in [6, 6.07) is 0.637. The van der Waals surface area contributed by atoms with Gasteiger partial charge in [0, 0.05) is 31.5 Å². The zero-order valence-corrected chi connectivity index (χ0v) is 8.50. The lowest BCUT2D eigenvalue weighted by atomic mass is 10.4. The van der Waals surface area contributed by atoms with E-state index >= 15 is 0 Å². The molecule has 0 radical (unpaired) electrons. The standard InChI is InChI=1S/C9H12N4.ClH/c1-2-12-8(5-10-1)13-9-6-3-11-4-7(6)9;/h1-2,5-7,9,11H,3-4H2,(H,12,13);1H/t6-,7+,9?;. The summed E-state index contributed by atoms with van der Waals surface area (Å²) >= 11 is 0. The molecular weight excluding hydrogens is 200 g/mol. The van der Waals surface area contributed by atoms with Gasteiger partial charge in [-0.15, -0.1) is 12.4 Å². The average molecular weight is 213 g/mol. The number of nitrogens with one attached hydrogen (secondary N) is 2. The summed E-state index contributed by atoms with van der Waals surface area (Å²) in [5.41, 5.74) is 0. The van der Waals surface area contributed by atoms with E-state index in [0.717, 1.165) is 30.7 Å². The molecule has 1 aromatic heterocycles. The fraction of sp³-hybridized carbons (Fsp3) is 0.556. The first-order valence-electron chi connectivity index (χ1n) is 4.68. The van der Waals surface area contributed by atoms with E-state index in [0.29, 0.717) is 6.04 Å². The smallest absolute Gasteiger partial charge is 0.144 e. The Labute approximate surface area is 88.9 Å². The lowest BCUT2D eigenvalue weighted by Crippen LogP contribution is -2.21. The van der Waals surface area contributed by atoms with Crippen LogP contribution in [0.4, 0.5) is 5.82 Å². The van der Waals surface area contributed by atoms with Crippen molar-refractivity contribution >= 4 is 18.2 Å². The van der Waals surface area contributed by atoms with Crippen LogP contribution in [0.15, 0.2) is 18.6 Å². The molecule has 5 heteroatoms. The third-order valence-electron chi connectivity index (χ3n) is 2.97. The van der Waals surface area contributed by atoms with E-state index in [1.807, 2.05) is 0 Å². The van der Waals surface area contributed by atoms with Crippen LogP contribution in [0.5, 0.6) is 0 Å². The van der Waals surface area contributed by atoms with E-state index in [1.165, 1.54) is 0 Å². The molecule has 2 fully saturated rings. The molecule has 0 aromatic carbocycles. The first-order chi connectivity index (χ1) is 6.45. The van der Waals surface area contributed by atoms with Gasteiger partial charge in [0.2, 0.25) is 0 Å². The highest BCUT2D eigenvalue weighted by molar-refractivity contribution is 5.85. The van der Waals surface area contributed by atoms with E-state index in [2.05, 4.69) is 20.6 Å². The van der Waals surface area contributed by atoms with E-state index in [-0.39, 0.29) is 12.4 Å². The molecule has 2 heterocycles. The number of fused-ring (bicyclic) bond motifs is 1. The highest BCUT2D eigenvalue weighted by Gasteiger charge is 2.53. The molecule has 4 nitrogen and oxygen atoms in total. The Morgan fingerprint density at radius 2 is 2.07 bits per heavy atom. The minimum Gasteiger partial charge on any atom is -0.365 e. The maximum Gasteiger partial charge on any atom is 0.144 e. The minimum atomic E-state index is 0. The summed E-state index contributed by atoms with van der Waals surface area (Å²) in [5, 5.41) is 6.77. The van der Waals surface area contributed by atoms with Gasteiger partial charge in [-0.1, -0.05) is 0 Å². The van der Waals surface area contributed by atoms with Crippen molar-refractivity contribution in [2.75, 3.05) is 18.4 Å². The van der Waals surface area contributed by atoms with E-state index < -0.39 is 0 Å². The largest absolute Gasteiger partial charge is 0.365 e. The van der Waals surface area contributed by atoms with Crippen molar-refractivity contribution in [1.82, 2.24) is 15.3 Å². The van der Waals surface area contributed by atoms with Gasteiger partial charge >= 0.3 is 0 Å². The number of halogens is 1. The summed E-state index contributed by atoms with van der Waals surface area (Å²) in [6.45, 7) is 2.31. The predicted molar refractivity (Wildman–Crippen MR) is 56.5 cm³/mol. The number of anilines is 1. The molecule has 1 aliphatic heterocycles. The third kappa shape index (κ3) is 1.55. The van der Waals surface area contributed by atoms with Crippen LogP contribution in [0.1, 0.15) is 0 Å². The SMILES string of the molecule is Cl.c1cnc(NC2[C@H]3CNC[C@@H]23)cn1. The number of aromatic nitrogens is 2. The molecule has 0 spiro atoms. The molecule has 14 heavy (non-hydrogen) atoms. The second-order valence-electron chi connectivity index (χ2n) is 3.75. The van der Waals surface area contributed by atoms with Crippen LogP contribution in [0, 0.1) is 11.8 Å². The molecule has 2 aliphatic rings. The molecule has 0 amide bonds. The lowest BCUT2D eigenvalue weighted by Gasteiger charge is -2.06. The van der Waals surface area contributed by atoms with Crippen LogP contribution in [-0.4, -0.2) is 29.1 Å². The van der Waals surface area contributed by atoms with Gasteiger partial charge in [0.25, 0.3) is 0 Å². The molecule has 3 atom stereocenters. The van der Waals surface area contributed by atoms with Crippen LogP contribution in [0.3, 0.4) is 0 Å². The monoisotopic (exact) mass is 212 g/mol. The third-order valence-corrected chi connectivity index (χ3v) is 2.97. The summed E-state index contributed by atoms with van der Waals surface area (Å²) in [6.07, 6.45) is 5.20. The Kier molecular flexibility index (Phi) is 2.56. The van der Waals surface area contributed by atoms with Crippen molar-refractivity contribution in [2.45, 2.75) is 6.04 Å². The summed E-state index contributed by atoms with van der Waals surface area (Å²) < 4.78 is 0. The molecule has 3 rings (SSSR count). The molecule has 1 aliphatic carbocycles.